The SMILES string of the molecule is CC(C)(O)C1CC1c1cc(N2CC(CN3CCOCC3)C2)c2nonc2c1. The molecule has 1 aromatic carbocycles. The van der Waals surface area contributed by atoms with E-state index in [-0.39, 0.29) is 0 Å². The van der Waals surface area contributed by atoms with Gasteiger partial charge in [-0.3, -0.25) is 4.90 Å². The zero-order valence-electron chi connectivity index (χ0n) is 16.1. The molecule has 7 heteroatoms. The van der Waals surface area contributed by atoms with Crippen LogP contribution in [0, 0.1) is 11.8 Å². The molecule has 2 aromatic rings. The van der Waals surface area contributed by atoms with Crippen LogP contribution < -0.4 is 4.90 Å². The highest BCUT2D eigenvalue weighted by Gasteiger charge is 2.48. The summed E-state index contributed by atoms with van der Waals surface area (Å²) in [4.78, 5) is 4.90. The first-order chi connectivity index (χ1) is 13.0. The van der Waals surface area contributed by atoms with E-state index in [0.717, 1.165) is 69.1 Å². The second-order valence-corrected chi connectivity index (χ2v) is 8.96. The van der Waals surface area contributed by atoms with E-state index in [1.54, 1.807) is 0 Å². The Morgan fingerprint density at radius 1 is 1.19 bits per heavy atom. The predicted octanol–water partition coefficient (Wildman–Crippen LogP) is 1.87. The maximum Gasteiger partial charge on any atom is 0.158 e. The van der Waals surface area contributed by atoms with Crippen molar-refractivity contribution in [3.63, 3.8) is 0 Å². The van der Waals surface area contributed by atoms with Crippen LogP contribution >= 0.6 is 0 Å². The quantitative estimate of drug-likeness (QED) is 0.859. The Kier molecular flexibility index (Phi) is 4.14. The Labute approximate surface area is 159 Å². The molecule has 2 unspecified atom stereocenters. The van der Waals surface area contributed by atoms with Gasteiger partial charge in [-0.25, -0.2) is 4.63 Å². The molecule has 0 radical (unpaired) electrons. The zero-order valence-corrected chi connectivity index (χ0v) is 16.1. The monoisotopic (exact) mass is 372 g/mol. The van der Waals surface area contributed by atoms with Crippen LogP contribution in [0.5, 0.6) is 0 Å². The third-order valence-corrected chi connectivity index (χ3v) is 6.41. The van der Waals surface area contributed by atoms with Gasteiger partial charge in [0.15, 0.2) is 5.52 Å². The summed E-state index contributed by atoms with van der Waals surface area (Å²) in [6.07, 6.45) is 1.03. The van der Waals surface area contributed by atoms with Crippen LogP contribution in [0.1, 0.15) is 31.7 Å². The number of anilines is 1. The molecule has 3 heterocycles. The molecular weight excluding hydrogens is 344 g/mol. The van der Waals surface area contributed by atoms with Crippen molar-refractivity contribution in [2.45, 2.75) is 31.8 Å². The Hall–Kier alpha value is -1.70. The summed E-state index contributed by atoms with van der Waals surface area (Å²) >= 11 is 0. The van der Waals surface area contributed by atoms with Crippen molar-refractivity contribution >= 4 is 16.7 Å². The first kappa shape index (κ1) is 17.4. The Morgan fingerprint density at radius 3 is 2.67 bits per heavy atom. The van der Waals surface area contributed by atoms with Gasteiger partial charge < -0.3 is 14.7 Å². The molecule has 5 rings (SSSR count). The van der Waals surface area contributed by atoms with Gasteiger partial charge in [-0.05, 0) is 60.1 Å². The number of fused-ring (bicyclic) bond motifs is 1. The molecule has 1 saturated carbocycles. The molecule has 0 amide bonds. The molecule has 3 aliphatic rings. The van der Waals surface area contributed by atoms with Gasteiger partial charge in [-0.15, -0.1) is 0 Å². The van der Waals surface area contributed by atoms with Gasteiger partial charge in [0.1, 0.15) is 5.52 Å². The molecule has 1 aromatic heterocycles. The van der Waals surface area contributed by atoms with E-state index in [9.17, 15) is 5.11 Å². The van der Waals surface area contributed by atoms with E-state index < -0.39 is 5.60 Å². The smallest absolute Gasteiger partial charge is 0.158 e. The van der Waals surface area contributed by atoms with E-state index in [0.29, 0.717) is 17.8 Å². The lowest BCUT2D eigenvalue weighted by atomic mass is 9.95. The lowest BCUT2D eigenvalue weighted by Crippen LogP contribution is -2.53. The fraction of sp³-hybridized carbons (Fsp3) is 0.700. The number of nitrogens with zero attached hydrogens (tertiary/aromatic N) is 4. The van der Waals surface area contributed by atoms with Crippen molar-refractivity contribution in [3.05, 3.63) is 17.7 Å². The van der Waals surface area contributed by atoms with Gasteiger partial charge in [0.05, 0.1) is 24.5 Å². The number of rotatable bonds is 5. The molecule has 146 valence electrons. The topological polar surface area (TPSA) is 74.9 Å². The fourth-order valence-corrected chi connectivity index (χ4v) is 4.72. The number of ether oxygens (including phenoxy) is 1. The molecule has 2 aliphatic heterocycles. The Bertz CT molecular complexity index is 818. The highest BCUT2D eigenvalue weighted by molar-refractivity contribution is 5.89. The van der Waals surface area contributed by atoms with E-state index in [2.05, 4.69) is 32.2 Å². The molecule has 7 nitrogen and oxygen atoms in total. The molecule has 0 bridgehead atoms. The first-order valence-corrected chi connectivity index (χ1v) is 10.0. The molecular formula is C20H28N4O3. The van der Waals surface area contributed by atoms with Crippen LogP contribution in [-0.4, -0.2) is 71.9 Å². The van der Waals surface area contributed by atoms with Crippen LogP contribution in [0.4, 0.5) is 5.69 Å². The average molecular weight is 372 g/mol. The van der Waals surface area contributed by atoms with Gasteiger partial charge >= 0.3 is 0 Å². The highest BCUT2D eigenvalue weighted by Crippen LogP contribution is 2.54. The van der Waals surface area contributed by atoms with Crippen molar-refractivity contribution < 1.29 is 14.5 Å². The van der Waals surface area contributed by atoms with Crippen molar-refractivity contribution in [1.29, 1.82) is 0 Å². The third-order valence-electron chi connectivity index (χ3n) is 6.41. The number of aromatic nitrogens is 2. The number of aliphatic hydroxyl groups is 1. The fourth-order valence-electron chi connectivity index (χ4n) is 4.72. The van der Waals surface area contributed by atoms with Gasteiger partial charge in [0.2, 0.25) is 0 Å². The molecule has 1 N–H and O–H groups in total. The number of hydrogen-bond acceptors (Lipinski definition) is 7. The minimum atomic E-state index is -0.637. The summed E-state index contributed by atoms with van der Waals surface area (Å²) in [5.74, 6) is 1.40. The second kappa shape index (κ2) is 6.43. The summed E-state index contributed by atoms with van der Waals surface area (Å²) in [5.41, 5.74) is 3.41. The van der Waals surface area contributed by atoms with Crippen molar-refractivity contribution in [2.75, 3.05) is 50.8 Å². The normalized spacial score (nSPS) is 27.1. The predicted molar refractivity (Wildman–Crippen MR) is 102 cm³/mol. The minimum absolute atomic E-state index is 0.313. The Balaban J connectivity index is 1.31. The largest absolute Gasteiger partial charge is 0.390 e. The summed E-state index contributed by atoms with van der Waals surface area (Å²) < 4.78 is 10.5. The van der Waals surface area contributed by atoms with Gasteiger partial charge in [-0.1, -0.05) is 0 Å². The van der Waals surface area contributed by atoms with Crippen LogP contribution in [0.15, 0.2) is 16.8 Å². The lowest BCUT2D eigenvalue weighted by Gasteiger charge is -2.43. The van der Waals surface area contributed by atoms with E-state index in [1.807, 2.05) is 13.8 Å². The molecule has 27 heavy (non-hydrogen) atoms. The van der Waals surface area contributed by atoms with Crippen LogP contribution in [0.2, 0.25) is 0 Å². The number of benzene rings is 1. The van der Waals surface area contributed by atoms with Gasteiger partial charge in [0.25, 0.3) is 0 Å². The van der Waals surface area contributed by atoms with E-state index in [1.165, 1.54) is 5.56 Å². The lowest BCUT2D eigenvalue weighted by molar-refractivity contribution is 0.0286. The average Bonchev–Trinajstić information content (AvgIpc) is 3.29. The zero-order chi connectivity index (χ0) is 18.6. The summed E-state index contributed by atoms with van der Waals surface area (Å²) in [5, 5.41) is 18.6. The molecule has 2 atom stereocenters. The van der Waals surface area contributed by atoms with Gasteiger partial charge in [-0.2, -0.15) is 0 Å². The van der Waals surface area contributed by atoms with Crippen molar-refractivity contribution in [2.24, 2.45) is 11.8 Å². The Morgan fingerprint density at radius 2 is 1.96 bits per heavy atom. The minimum Gasteiger partial charge on any atom is -0.390 e. The summed E-state index contributed by atoms with van der Waals surface area (Å²) in [6, 6.07) is 4.32. The van der Waals surface area contributed by atoms with E-state index in [4.69, 9.17) is 9.37 Å². The maximum absolute atomic E-state index is 10.3. The van der Waals surface area contributed by atoms with Crippen LogP contribution in [-0.2, 0) is 4.74 Å². The third kappa shape index (κ3) is 3.32. The van der Waals surface area contributed by atoms with E-state index >= 15 is 0 Å². The summed E-state index contributed by atoms with van der Waals surface area (Å²) in [7, 11) is 0. The highest BCUT2D eigenvalue weighted by atomic mass is 16.6. The number of hydrogen-bond donors (Lipinski definition) is 1. The second-order valence-electron chi connectivity index (χ2n) is 8.96. The molecule has 3 fully saturated rings. The van der Waals surface area contributed by atoms with Gasteiger partial charge in [0, 0.05) is 38.6 Å². The molecule has 0 spiro atoms. The molecule has 1 aliphatic carbocycles. The summed E-state index contributed by atoms with van der Waals surface area (Å²) in [6.45, 7) is 10.8. The van der Waals surface area contributed by atoms with Crippen LogP contribution in [0.3, 0.4) is 0 Å². The first-order valence-electron chi connectivity index (χ1n) is 10.0. The van der Waals surface area contributed by atoms with Crippen molar-refractivity contribution in [1.82, 2.24) is 15.2 Å². The van der Waals surface area contributed by atoms with Crippen LogP contribution in [0.25, 0.3) is 11.0 Å². The number of morpholine rings is 1. The van der Waals surface area contributed by atoms with Crippen molar-refractivity contribution in [3.8, 4) is 0 Å². The molecule has 2 saturated heterocycles. The standard InChI is InChI=1S/C20H28N4O3/c1-20(2,25)16-9-15(16)14-7-17-19(22-27-21-17)18(8-14)24-11-13(12-24)10-23-3-5-26-6-4-23/h7-8,13,15-16,25H,3-6,9-12H2,1-2H3. The maximum atomic E-state index is 10.3.